The third-order valence-electron chi connectivity index (χ3n) is 16.8. The van der Waals surface area contributed by atoms with Crippen LogP contribution in [0.15, 0.2) is 0 Å². The average Bonchev–Trinajstić information content (AvgIpc) is 3.43. The molecule has 0 bridgehead atoms. The molecule has 458 valence electrons. The molecule has 0 unspecified atom stereocenters. The minimum atomic E-state index is 0.238. The molecule has 0 aliphatic heterocycles. The van der Waals surface area contributed by atoms with E-state index >= 15 is 0 Å². The lowest BCUT2D eigenvalue weighted by molar-refractivity contribution is -0.132. The second kappa shape index (κ2) is 63.6. The van der Waals surface area contributed by atoms with Gasteiger partial charge in [0.15, 0.2) is 0 Å². The predicted octanol–water partition coefficient (Wildman–Crippen LogP) is 21.2. The molecule has 0 fully saturated rings. The smallest absolute Gasteiger partial charge is 0.222 e. The van der Waals surface area contributed by atoms with Crippen molar-refractivity contribution in [3.05, 3.63) is 0 Å². The fraction of sp³-hybridized carbons (Fsp3) is 0.957. The first kappa shape index (κ1) is 75.4. The molecular formula is C70H140N4O3. The highest BCUT2D eigenvalue weighted by atomic mass is 16.2. The van der Waals surface area contributed by atoms with E-state index in [1.165, 1.54) is 244 Å². The van der Waals surface area contributed by atoms with Crippen LogP contribution in [-0.2, 0) is 14.4 Å². The van der Waals surface area contributed by atoms with E-state index in [0.717, 1.165) is 136 Å². The van der Waals surface area contributed by atoms with Gasteiger partial charge in [-0.25, -0.2) is 0 Å². The Morgan fingerprint density at radius 3 is 0.727 bits per heavy atom. The Bertz CT molecular complexity index is 1090. The highest BCUT2D eigenvalue weighted by molar-refractivity contribution is 5.76. The summed E-state index contributed by atoms with van der Waals surface area (Å²) in [7, 11) is 0. The van der Waals surface area contributed by atoms with Crippen molar-refractivity contribution >= 4 is 17.7 Å². The van der Waals surface area contributed by atoms with Crippen molar-refractivity contribution < 1.29 is 14.4 Å². The first-order valence-electron chi connectivity index (χ1n) is 35.5. The van der Waals surface area contributed by atoms with Crippen molar-refractivity contribution in [2.45, 2.75) is 381 Å². The van der Waals surface area contributed by atoms with Crippen LogP contribution in [0.4, 0.5) is 0 Å². The SMILES string of the molecule is CCCCCCCCCCNC(=O)CCCCCCCN(CCCCCC(=O)N(CCCCCCCCCC)CCCCCCCCCC)CCCCCC(=O)N(CCCCCCCCCC)CCCCCCCCCC. The molecule has 0 atom stereocenters. The van der Waals surface area contributed by atoms with Crippen LogP contribution in [0.3, 0.4) is 0 Å². The first-order chi connectivity index (χ1) is 37.9. The van der Waals surface area contributed by atoms with E-state index < -0.39 is 0 Å². The normalized spacial score (nSPS) is 11.6. The van der Waals surface area contributed by atoms with E-state index in [9.17, 15) is 14.4 Å². The zero-order valence-electron chi connectivity index (χ0n) is 53.4. The Morgan fingerprint density at radius 1 is 0.234 bits per heavy atom. The van der Waals surface area contributed by atoms with Crippen molar-refractivity contribution in [1.29, 1.82) is 0 Å². The van der Waals surface area contributed by atoms with Crippen LogP contribution < -0.4 is 5.32 Å². The Balaban J connectivity index is 5.17. The summed E-state index contributed by atoms with van der Waals surface area (Å²) >= 11 is 0. The number of rotatable bonds is 65. The predicted molar refractivity (Wildman–Crippen MR) is 340 cm³/mol. The molecule has 0 heterocycles. The van der Waals surface area contributed by atoms with Crippen LogP contribution in [-0.4, -0.2) is 84.8 Å². The molecule has 0 aromatic rings. The highest BCUT2D eigenvalue weighted by Crippen LogP contribution is 2.17. The number of amides is 3. The maximum atomic E-state index is 13.7. The maximum Gasteiger partial charge on any atom is 0.222 e. The molecular weight excluding hydrogens is 945 g/mol. The molecule has 0 aromatic heterocycles. The van der Waals surface area contributed by atoms with E-state index in [4.69, 9.17) is 0 Å². The van der Waals surface area contributed by atoms with Gasteiger partial charge in [0.1, 0.15) is 0 Å². The topological polar surface area (TPSA) is 73.0 Å². The van der Waals surface area contributed by atoms with Gasteiger partial charge in [-0.3, -0.25) is 14.4 Å². The van der Waals surface area contributed by atoms with Crippen molar-refractivity contribution in [2.24, 2.45) is 0 Å². The first-order valence-corrected chi connectivity index (χ1v) is 35.5. The summed E-state index contributed by atoms with van der Waals surface area (Å²) in [6.45, 7) is 19.4. The molecule has 0 saturated carbocycles. The van der Waals surface area contributed by atoms with Crippen molar-refractivity contribution in [2.75, 3.05) is 52.4 Å². The Hall–Kier alpha value is -1.63. The summed E-state index contributed by atoms with van der Waals surface area (Å²) in [5.74, 6) is 1.04. The molecule has 0 rings (SSSR count). The molecule has 7 heteroatoms. The summed E-state index contributed by atoms with van der Waals surface area (Å²) in [6.07, 6.45) is 66.7. The van der Waals surface area contributed by atoms with Gasteiger partial charge in [0.25, 0.3) is 0 Å². The number of unbranched alkanes of at least 4 members (excludes halogenated alkanes) is 43. The molecule has 0 aliphatic rings. The monoisotopic (exact) mass is 1090 g/mol. The van der Waals surface area contributed by atoms with Crippen LogP contribution in [0, 0.1) is 0 Å². The summed E-state index contributed by atoms with van der Waals surface area (Å²) < 4.78 is 0. The van der Waals surface area contributed by atoms with Gasteiger partial charge in [0.05, 0.1) is 0 Å². The van der Waals surface area contributed by atoms with Gasteiger partial charge in [0.2, 0.25) is 17.7 Å². The quantitative estimate of drug-likeness (QED) is 0.0616. The fourth-order valence-electron chi connectivity index (χ4n) is 11.4. The maximum absolute atomic E-state index is 13.7. The third-order valence-corrected chi connectivity index (χ3v) is 16.8. The lowest BCUT2D eigenvalue weighted by Crippen LogP contribution is -2.33. The molecule has 0 aromatic carbocycles. The standard InChI is InChI=1S/C70H140N4O3/c1-6-11-16-21-26-31-38-49-60-71-68(75)57-46-37-36-39-50-61-72(62-51-44-47-58-69(76)73(64-53-40-32-27-22-17-12-7-2)65-54-41-33-28-23-18-13-8-3)63-52-45-48-59-70(77)74(66-55-42-34-29-24-19-14-9-4)67-56-43-35-30-25-20-15-10-5/h6-67H2,1-5H3,(H,71,75). The number of nitrogens with zero attached hydrogens (tertiary/aromatic N) is 3. The number of carbonyl (C=O) groups excluding carboxylic acids is 3. The number of hydrogen-bond donors (Lipinski definition) is 1. The Morgan fingerprint density at radius 2 is 0.442 bits per heavy atom. The number of hydrogen-bond acceptors (Lipinski definition) is 4. The number of carbonyl (C=O) groups is 3. The van der Waals surface area contributed by atoms with Crippen molar-refractivity contribution in [3.8, 4) is 0 Å². The van der Waals surface area contributed by atoms with E-state index in [1.54, 1.807) is 0 Å². The van der Waals surface area contributed by atoms with E-state index in [2.05, 4.69) is 54.6 Å². The Kier molecular flexibility index (Phi) is 62.2. The van der Waals surface area contributed by atoms with E-state index in [-0.39, 0.29) is 5.91 Å². The molecule has 77 heavy (non-hydrogen) atoms. The van der Waals surface area contributed by atoms with Gasteiger partial charge in [-0.1, -0.05) is 291 Å². The zero-order chi connectivity index (χ0) is 56.0. The molecule has 1 N–H and O–H groups in total. The lowest BCUT2D eigenvalue weighted by Gasteiger charge is -2.24. The minimum absolute atomic E-state index is 0.238. The van der Waals surface area contributed by atoms with Crippen LogP contribution in [0.5, 0.6) is 0 Å². The van der Waals surface area contributed by atoms with Crippen LogP contribution in [0.2, 0.25) is 0 Å². The largest absolute Gasteiger partial charge is 0.356 e. The molecule has 7 nitrogen and oxygen atoms in total. The van der Waals surface area contributed by atoms with E-state index in [1.807, 2.05) is 0 Å². The van der Waals surface area contributed by atoms with Gasteiger partial charge in [0, 0.05) is 52.0 Å². The third kappa shape index (κ3) is 56.0. The average molecular weight is 1090 g/mol. The molecule has 0 aliphatic carbocycles. The van der Waals surface area contributed by atoms with E-state index in [0.29, 0.717) is 31.1 Å². The second-order valence-corrected chi connectivity index (χ2v) is 24.5. The molecule has 0 saturated heterocycles. The molecule has 0 spiro atoms. The van der Waals surface area contributed by atoms with Crippen molar-refractivity contribution in [1.82, 2.24) is 20.0 Å². The zero-order valence-corrected chi connectivity index (χ0v) is 53.4. The fourth-order valence-corrected chi connectivity index (χ4v) is 11.4. The second-order valence-electron chi connectivity index (χ2n) is 24.5. The summed E-state index contributed by atoms with van der Waals surface area (Å²) in [6, 6.07) is 0. The summed E-state index contributed by atoms with van der Waals surface area (Å²) in [5, 5.41) is 3.18. The molecule has 0 radical (unpaired) electrons. The van der Waals surface area contributed by atoms with Gasteiger partial charge in [-0.05, 0) is 90.3 Å². The van der Waals surface area contributed by atoms with Crippen LogP contribution in [0.1, 0.15) is 381 Å². The van der Waals surface area contributed by atoms with Crippen molar-refractivity contribution in [3.63, 3.8) is 0 Å². The minimum Gasteiger partial charge on any atom is -0.356 e. The van der Waals surface area contributed by atoms with Gasteiger partial charge >= 0.3 is 0 Å². The van der Waals surface area contributed by atoms with Gasteiger partial charge < -0.3 is 20.0 Å². The molecule has 3 amide bonds. The number of nitrogens with one attached hydrogen (secondary N) is 1. The summed E-state index contributed by atoms with van der Waals surface area (Å²) in [5.41, 5.74) is 0. The Labute approximate surface area is 483 Å². The van der Waals surface area contributed by atoms with Gasteiger partial charge in [-0.2, -0.15) is 0 Å². The summed E-state index contributed by atoms with van der Waals surface area (Å²) in [4.78, 5) is 47.1. The van der Waals surface area contributed by atoms with Crippen LogP contribution >= 0.6 is 0 Å². The van der Waals surface area contributed by atoms with Gasteiger partial charge in [-0.15, -0.1) is 0 Å². The lowest BCUT2D eigenvalue weighted by atomic mass is 10.1. The highest BCUT2D eigenvalue weighted by Gasteiger charge is 2.15. The van der Waals surface area contributed by atoms with Crippen LogP contribution in [0.25, 0.3) is 0 Å².